The average molecular weight is 278 g/mol. The summed E-state index contributed by atoms with van der Waals surface area (Å²) < 4.78 is 13.5. The Kier molecular flexibility index (Phi) is 3.86. The molecule has 0 spiro atoms. The van der Waals surface area contributed by atoms with Crippen LogP contribution < -0.4 is 5.32 Å². The first kappa shape index (κ1) is 13.6. The van der Waals surface area contributed by atoms with E-state index in [-0.39, 0.29) is 11.6 Å². The van der Waals surface area contributed by atoms with Crippen LogP contribution in [0, 0.1) is 19.7 Å². The third kappa shape index (κ3) is 3.12. The van der Waals surface area contributed by atoms with Crippen LogP contribution in [0.5, 0.6) is 0 Å². The fourth-order valence-electron chi connectivity index (χ4n) is 1.66. The van der Waals surface area contributed by atoms with Gasteiger partial charge in [-0.25, -0.2) is 4.39 Å². The number of amides is 1. The Morgan fingerprint density at radius 2 is 1.89 bits per heavy atom. The molecular formula is C15H13ClFNO. The number of rotatable bonds is 2. The van der Waals surface area contributed by atoms with Crippen molar-refractivity contribution in [3.8, 4) is 0 Å². The second-order valence-electron chi connectivity index (χ2n) is 4.40. The maximum atomic E-state index is 13.5. The monoisotopic (exact) mass is 277 g/mol. The average Bonchev–Trinajstić information content (AvgIpc) is 2.37. The van der Waals surface area contributed by atoms with Gasteiger partial charge in [-0.2, -0.15) is 0 Å². The molecule has 0 saturated heterocycles. The summed E-state index contributed by atoms with van der Waals surface area (Å²) in [6.07, 6.45) is 0. The molecule has 0 bridgehead atoms. The molecule has 0 saturated carbocycles. The minimum atomic E-state index is -0.461. The lowest BCUT2D eigenvalue weighted by atomic mass is 10.1. The molecule has 0 aliphatic heterocycles. The molecule has 1 N–H and O–H groups in total. The van der Waals surface area contributed by atoms with Crippen molar-refractivity contribution < 1.29 is 9.18 Å². The number of nitrogens with one attached hydrogen (secondary N) is 1. The molecule has 0 atom stereocenters. The van der Waals surface area contributed by atoms with Crippen LogP contribution in [-0.4, -0.2) is 5.91 Å². The summed E-state index contributed by atoms with van der Waals surface area (Å²) in [7, 11) is 0. The first-order chi connectivity index (χ1) is 8.97. The van der Waals surface area contributed by atoms with Crippen LogP contribution in [0.2, 0.25) is 5.02 Å². The number of carbonyl (C=O) groups is 1. The van der Waals surface area contributed by atoms with Crippen molar-refractivity contribution in [3.63, 3.8) is 0 Å². The fourth-order valence-corrected chi connectivity index (χ4v) is 1.84. The van der Waals surface area contributed by atoms with Crippen LogP contribution in [0.25, 0.3) is 0 Å². The fraction of sp³-hybridized carbons (Fsp3) is 0.133. The summed E-state index contributed by atoms with van der Waals surface area (Å²) in [5, 5.41) is 3.05. The Morgan fingerprint density at radius 1 is 1.16 bits per heavy atom. The summed E-state index contributed by atoms with van der Waals surface area (Å²) >= 11 is 5.96. The van der Waals surface area contributed by atoms with Crippen molar-refractivity contribution in [2.24, 2.45) is 0 Å². The highest BCUT2D eigenvalue weighted by molar-refractivity contribution is 6.31. The summed E-state index contributed by atoms with van der Waals surface area (Å²) in [5.74, 6) is -0.844. The molecule has 2 aromatic carbocycles. The van der Waals surface area contributed by atoms with E-state index in [2.05, 4.69) is 5.32 Å². The van der Waals surface area contributed by atoms with Gasteiger partial charge in [-0.15, -0.1) is 0 Å². The van der Waals surface area contributed by atoms with E-state index in [4.69, 9.17) is 11.6 Å². The van der Waals surface area contributed by atoms with Gasteiger partial charge in [0.15, 0.2) is 0 Å². The first-order valence-electron chi connectivity index (χ1n) is 5.81. The van der Waals surface area contributed by atoms with Crippen LogP contribution in [0.3, 0.4) is 0 Å². The molecule has 0 radical (unpaired) electrons. The predicted octanol–water partition coefficient (Wildman–Crippen LogP) is 4.35. The third-order valence-corrected chi connectivity index (χ3v) is 3.21. The van der Waals surface area contributed by atoms with E-state index in [0.717, 1.165) is 11.1 Å². The van der Waals surface area contributed by atoms with Crippen molar-refractivity contribution in [3.05, 3.63) is 63.9 Å². The zero-order valence-electron chi connectivity index (χ0n) is 10.6. The van der Waals surface area contributed by atoms with Gasteiger partial charge in [-0.3, -0.25) is 4.79 Å². The molecule has 19 heavy (non-hydrogen) atoms. The Morgan fingerprint density at radius 3 is 2.58 bits per heavy atom. The van der Waals surface area contributed by atoms with Crippen LogP contribution in [0.4, 0.5) is 10.1 Å². The molecule has 0 fully saturated rings. The number of anilines is 1. The molecular weight excluding hydrogens is 265 g/mol. The van der Waals surface area contributed by atoms with Gasteiger partial charge in [-0.1, -0.05) is 23.7 Å². The third-order valence-electron chi connectivity index (χ3n) is 2.80. The number of aryl methyl sites for hydroxylation is 2. The molecule has 0 unspecified atom stereocenters. The highest BCUT2D eigenvalue weighted by Gasteiger charge is 2.10. The van der Waals surface area contributed by atoms with Crippen LogP contribution in [0.15, 0.2) is 36.4 Å². The SMILES string of the molecule is Cc1ccc(F)c(NC(=O)c2ccc(C)c(Cl)c2)c1. The van der Waals surface area contributed by atoms with Crippen LogP contribution in [-0.2, 0) is 0 Å². The molecule has 4 heteroatoms. The van der Waals surface area contributed by atoms with Crippen LogP contribution >= 0.6 is 11.6 Å². The number of hydrogen-bond acceptors (Lipinski definition) is 1. The maximum Gasteiger partial charge on any atom is 0.255 e. The van der Waals surface area contributed by atoms with E-state index >= 15 is 0 Å². The van der Waals surface area contributed by atoms with Gasteiger partial charge in [0.25, 0.3) is 5.91 Å². The van der Waals surface area contributed by atoms with Gasteiger partial charge in [-0.05, 0) is 49.2 Å². The van der Waals surface area contributed by atoms with Gasteiger partial charge in [0.05, 0.1) is 5.69 Å². The number of carbonyl (C=O) groups excluding carboxylic acids is 1. The topological polar surface area (TPSA) is 29.1 Å². The lowest BCUT2D eigenvalue weighted by molar-refractivity contribution is 0.102. The van der Waals surface area contributed by atoms with E-state index < -0.39 is 5.82 Å². The Bertz CT molecular complexity index is 640. The second-order valence-corrected chi connectivity index (χ2v) is 4.81. The Hall–Kier alpha value is -1.87. The molecule has 1 amide bonds. The molecule has 2 aromatic rings. The van der Waals surface area contributed by atoms with E-state index in [1.165, 1.54) is 6.07 Å². The molecule has 98 valence electrons. The number of hydrogen-bond donors (Lipinski definition) is 1. The van der Waals surface area contributed by atoms with Crippen molar-refractivity contribution in [1.82, 2.24) is 0 Å². The summed E-state index contributed by atoms with van der Waals surface area (Å²) in [5.41, 5.74) is 2.33. The molecule has 0 heterocycles. The Balaban J connectivity index is 2.25. The number of halogens is 2. The molecule has 0 aliphatic carbocycles. The van der Waals surface area contributed by atoms with Gasteiger partial charge in [0, 0.05) is 10.6 Å². The zero-order chi connectivity index (χ0) is 14.0. The minimum Gasteiger partial charge on any atom is -0.319 e. The standard InChI is InChI=1S/C15H13ClFNO/c1-9-3-6-13(17)14(7-9)18-15(19)11-5-4-10(2)12(16)8-11/h3-8H,1-2H3,(H,18,19). The molecule has 0 aliphatic rings. The lowest BCUT2D eigenvalue weighted by Crippen LogP contribution is -2.13. The maximum absolute atomic E-state index is 13.5. The lowest BCUT2D eigenvalue weighted by Gasteiger charge is -2.08. The number of benzene rings is 2. The van der Waals surface area contributed by atoms with Gasteiger partial charge >= 0.3 is 0 Å². The first-order valence-corrected chi connectivity index (χ1v) is 6.19. The summed E-state index contributed by atoms with van der Waals surface area (Å²) in [6, 6.07) is 9.54. The summed E-state index contributed by atoms with van der Waals surface area (Å²) in [6.45, 7) is 3.68. The minimum absolute atomic E-state index is 0.168. The van der Waals surface area contributed by atoms with Crippen LogP contribution in [0.1, 0.15) is 21.5 Å². The van der Waals surface area contributed by atoms with E-state index in [1.807, 2.05) is 13.8 Å². The Labute approximate surface area is 116 Å². The predicted molar refractivity (Wildman–Crippen MR) is 75.3 cm³/mol. The van der Waals surface area contributed by atoms with E-state index in [0.29, 0.717) is 10.6 Å². The van der Waals surface area contributed by atoms with Gasteiger partial charge in [0.1, 0.15) is 5.82 Å². The van der Waals surface area contributed by atoms with E-state index in [1.54, 1.807) is 30.3 Å². The largest absolute Gasteiger partial charge is 0.319 e. The second kappa shape index (κ2) is 5.41. The molecule has 2 nitrogen and oxygen atoms in total. The van der Waals surface area contributed by atoms with Gasteiger partial charge < -0.3 is 5.32 Å². The molecule has 0 aromatic heterocycles. The quantitative estimate of drug-likeness (QED) is 0.869. The van der Waals surface area contributed by atoms with E-state index in [9.17, 15) is 9.18 Å². The van der Waals surface area contributed by atoms with Crippen molar-refractivity contribution in [2.45, 2.75) is 13.8 Å². The normalized spacial score (nSPS) is 10.3. The summed E-state index contributed by atoms with van der Waals surface area (Å²) in [4.78, 5) is 12.0. The smallest absolute Gasteiger partial charge is 0.255 e. The zero-order valence-corrected chi connectivity index (χ0v) is 11.4. The van der Waals surface area contributed by atoms with Crippen molar-refractivity contribution in [2.75, 3.05) is 5.32 Å². The van der Waals surface area contributed by atoms with Crippen molar-refractivity contribution >= 4 is 23.2 Å². The highest BCUT2D eigenvalue weighted by Crippen LogP contribution is 2.20. The highest BCUT2D eigenvalue weighted by atomic mass is 35.5. The van der Waals surface area contributed by atoms with Gasteiger partial charge in [0.2, 0.25) is 0 Å². The molecule has 2 rings (SSSR count). The van der Waals surface area contributed by atoms with Crippen molar-refractivity contribution in [1.29, 1.82) is 0 Å².